The van der Waals surface area contributed by atoms with Crippen LogP contribution in [0.15, 0.2) is 0 Å². The molecule has 6 bridgehead atoms. The van der Waals surface area contributed by atoms with Gasteiger partial charge in [0.2, 0.25) is 0 Å². The summed E-state index contributed by atoms with van der Waals surface area (Å²) >= 11 is 0. The molecule has 3 aliphatic heterocycles. The van der Waals surface area contributed by atoms with E-state index in [2.05, 4.69) is 11.8 Å². The zero-order valence-electron chi connectivity index (χ0n) is 7.09. The van der Waals surface area contributed by atoms with Crippen LogP contribution in [0.2, 0.25) is 0 Å². The monoisotopic (exact) mass is 149 g/mol. The van der Waals surface area contributed by atoms with Gasteiger partial charge in [-0.3, -0.25) is 4.90 Å². The maximum atomic E-state index is 2.83. The third kappa shape index (κ3) is 0.358. The first kappa shape index (κ1) is 5.58. The molecule has 11 heavy (non-hydrogen) atoms. The fraction of sp³-hybridized carbons (Fsp3) is 1.00. The van der Waals surface area contributed by atoms with E-state index in [1.165, 1.54) is 12.8 Å². The van der Waals surface area contributed by atoms with Gasteiger partial charge in [0.15, 0.2) is 0 Å². The van der Waals surface area contributed by atoms with Crippen molar-refractivity contribution in [3.8, 4) is 0 Å². The number of hydrogen-bond acceptors (Lipinski definition) is 1. The van der Waals surface area contributed by atoms with E-state index in [0.717, 1.165) is 29.5 Å². The second-order valence-electron chi connectivity index (χ2n) is 5.29. The first-order chi connectivity index (χ1) is 5.31. The van der Waals surface area contributed by atoms with Gasteiger partial charge in [-0.05, 0) is 44.4 Å². The van der Waals surface area contributed by atoms with E-state index in [-0.39, 0.29) is 0 Å². The molecule has 0 N–H and O–H groups in total. The Bertz CT molecular complexity index is 231. The molecule has 5 unspecified atom stereocenters. The Kier molecular flexibility index (Phi) is 0.651. The van der Waals surface area contributed by atoms with Crippen LogP contribution in [0.4, 0.5) is 0 Å². The molecule has 5 fully saturated rings. The molecule has 1 heteroatoms. The summed E-state index contributed by atoms with van der Waals surface area (Å²) in [6, 6.07) is 2.08. The van der Waals surface area contributed by atoms with Gasteiger partial charge >= 0.3 is 0 Å². The predicted octanol–water partition coefficient (Wildman–Crippen LogP) is 1.63. The normalized spacial score (nSPS) is 70.6. The van der Waals surface area contributed by atoms with Crippen LogP contribution in [-0.2, 0) is 0 Å². The van der Waals surface area contributed by atoms with E-state index in [1.54, 1.807) is 12.8 Å². The molecule has 5 aliphatic rings. The first-order valence-corrected chi connectivity index (χ1v) is 5.09. The van der Waals surface area contributed by atoms with Crippen LogP contribution in [0.3, 0.4) is 0 Å². The summed E-state index contributed by atoms with van der Waals surface area (Å²) in [4.78, 5) is 2.83. The molecule has 0 aromatic heterocycles. The number of rotatable bonds is 0. The zero-order valence-corrected chi connectivity index (χ0v) is 7.09. The van der Waals surface area contributed by atoms with Crippen molar-refractivity contribution in [2.75, 3.05) is 0 Å². The lowest BCUT2D eigenvalue weighted by atomic mass is 9.51. The SMILES string of the molecule is CC12CC3CC4CCC(C41)N32. The molecular weight excluding hydrogens is 134 g/mol. The van der Waals surface area contributed by atoms with E-state index in [4.69, 9.17) is 0 Å². The Morgan fingerprint density at radius 1 is 1.36 bits per heavy atom. The lowest BCUT2D eigenvalue weighted by Gasteiger charge is -2.77. The van der Waals surface area contributed by atoms with E-state index in [1.807, 2.05) is 0 Å². The molecule has 60 valence electrons. The second kappa shape index (κ2) is 1.28. The van der Waals surface area contributed by atoms with Gasteiger partial charge in [-0.2, -0.15) is 0 Å². The van der Waals surface area contributed by atoms with Crippen molar-refractivity contribution in [2.45, 2.75) is 50.2 Å². The molecule has 2 aliphatic carbocycles. The van der Waals surface area contributed by atoms with Crippen LogP contribution in [0.5, 0.6) is 0 Å². The molecular formula is C10H15N. The topological polar surface area (TPSA) is 3.24 Å². The molecule has 5 atom stereocenters. The van der Waals surface area contributed by atoms with E-state index in [0.29, 0.717) is 0 Å². The molecule has 0 aromatic carbocycles. The van der Waals surface area contributed by atoms with Crippen LogP contribution in [-0.4, -0.2) is 22.5 Å². The Morgan fingerprint density at radius 3 is 2.91 bits per heavy atom. The van der Waals surface area contributed by atoms with Crippen molar-refractivity contribution in [1.29, 1.82) is 0 Å². The summed E-state index contributed by atoms with van der Waals surface area (Å²) in [7, 11) is 0. The standard InChI is InChI=1S/C10H15N/c1-10-5-7-4-6-2-3-8(9(6)10)11(7)10/h6-9H,2-5H2,1H3. The maximum Gasteiger partial charge on any atom is 0.0248 e. The fourth-order valence-corrected chi connectivity index (χ4v) is 4.96. The van der Waals surface area contributed by atoms with Gasteiger partial charge in [-0.1, -0.05) is 0 Å². The van der Waals surface area contributed by atoms with Crippen LogP contribution in [0, 0.1) is 11.8 Å². The average Bonchev–Trinajstić information content (AvgIpc) is 2.26. The molecule has 0 spiro atoms. The lowest BCUT2D eigenvalue weighted by Crippen LogP contribution is -2.85. The van der Waals surface area contributed by atoms with Gasteiger partial charge in [0.25, 0.3) is 0 Å². The van der Waals surface area contributed by atoms with Crippen molar-refractivity contribution in [1.82, 2.24) is 4.90 Å². The van der Waals surface area contributed by atoms with Gasteiger partial charge in [0, 0.05) is 17.6 Å². The number of nitrogens with zero attached hydrogens (tertiary/aromatic N) is 1. The van der Waals surface area contributed by atoms with Gasteiger partial charge in [0.05, 0.1) is 0 Å². The second-order valence-corrected chi connectivity index (χ2v) is 5.29. The molecule has 0 amide bonds. The van der Waals surface area contributed by atoms with E-state index in [9.17, 15) is 0 Å². The summed E-state index contributed by atoms with van der Waals surface area (Å²) in [6.45, 7) is 2.50. The molecule has 3 saturated heterocycles. The average molecular weight is 149 g/mol. The molecule has 3 heterocycles. The highest BCUT2D eigenvalue weighted by atomic mass is 15.4. The third-order valence-electron chi connectivity index (χ3n) is 5.04. The smallest absolute Gasteiger partial charge is 0.0248 e. The number of piperidine rings is 3. The van der Waals surface area contributed by atoms with Crippen LogP contribution >= 0.6 is 0 Å². The summed E-state index contributed by atoms with van der Waals surface area (Å²) < 4.78 is 0. The van der Waals surface area contributed by atoms with Crippen molar-refractivity contribution < 1.29 is 0 Å². The molecule has 1 nitrogen and oxygen atoms in total. The largest absolute Gasteiger partial charge is 0.291 e. The highest BCUT2D eigenvalue weighted by molar-refractivity contribution is 5.28. The van der Waals surface area contributed by atoms with Crippen molar-refractivity contribution in [3.05, 3.63) is 0 Å². The molecule has 0 aromatic rings. The summed E-state index contributed by atoms with van der Waals surface area (Å²) in [6.07, 6.45) is 6.17. The predicted molar refractivity (Wildman–Crippen MR) is 43.3 cm³/mol. The highest BCUT2D eigenvalue weighted by Gasteiger charge is 2.73. The fourth-order valence-electron chi connectivity index (χ4n) is 4.96. The first-order valence-electron chi connectivity index (χ1n) is 5.09. The minimum atomic E-state index is 0.717. The van der Waals surface area contributed by atoms with Crippen molar-refractivity contribution in [2.24, 2.45) is 11.8 Å². The minimum Gasteiger partial charge on any atom is -0.291 e. The molecule has 5 rings (SSSR count). The van der Waals surface area contributed by atoms with Crippen LogP contribution in [0.1, 0.15) is 32.6 Å². The third-order valence-corrected chi connectivity index (χ3v) is 5.04. The van der Waals surface area contributed by atoms with Gasteiger partial charge in [0.1, 0.15) is 0 Å². The quantitative estimate of drug-likeness (QED) is 0.506. The van der Waals surface area contributed by atoms with Gasteiger partial charge in [-0.15, -0.1) is 0 Å². The Morgan fingerprint density at radius 2 is 2.27 bits per heavy atom. The Hall–Kier alpha value is -0.0400. The van der Waals surface area contributed by atoms with Gasteiger partial charge < -0.3 is 0 Å². The van der Waals surface area contributed by atoms with Gasteiger partial charge in [-0.25, -0.2) is 0 Å². The number of hydrogen-bond donors (Lipinski definition) is 0. The van der Waals surface area contributed by atoms with Crippen molar-refractivity contribution in [3.63, 3.8) is 0 Å². The molecule has 2 saturated carbocycles. The minimum absolute atomic E-state index is 0.717. The Labute approximate surface area is 67.8 Å². The Balaban J connectivity index is 1.88. The summed E-state index contributed by atoms with van der Waals surface area (Å²) in [5, 5.41) is 0. The lowest BCUT2D eigenvalue weighted by molar-refractivity contribution is -0.275. The summed E-state index contributed by atoms with van der Waals surface area (Å²) in [5.41, 5.74) is 0.717. The maximum absolute atomic E-state index is 2.83. The highest BCUT2D eigenvalue weighted by Crippen LogP contribution is 2.69. The van der Waals surface area contributed by atoms with E-state index >= 15 is 0 Å². The van der Waals surface area contributed by atoms with E-state index < -0.39 is 0 Å². The zero-order chi connectivity index (χ0) is 7.22. The van der Waals surface area contributed by atoms with Crippen LogP contribution < -0.4 is 0 Å². The molecule has 0 radical (unpaired) electrons. The van der Waals surface area contributed by atoms with Crippen LogP contribution in [0.25, 0.3) is 0 Å². The summed E-state index contributed by atoms with van der Waals surface area (Å²) in [5.74, 6) is 2.28. The van der Waals surface area contributed by atoms with Crippen molar-refractivity contribution >= 4 is 0 Å².